The topological polar surface area (TPSA) is 49.9 Å². The minimum absolute atomic E-state index is 0.00605. The zero-order valence-electron chi connectivity index (χ0n) is 16.1. The second-order valence-corrected chi connectivity index (χ2v) is 7.79. The zero-order valence-corrected chi connectivity index (χ0v) is 16.1. The van der Waals surface area contributed by atoms with E-state index in [9.17, 15) is 9.59 Å². The van der Waals surface area contributed by atoms with E-state index in [1.165, 1.54) is 5.56 Å². The third kappa shape index (κ3) is 4.67. The molecule has 0 saturated carbocycles. The van der Waals surface area contributed by atoms with Gasteiger partial charge in [0.15, 0.2) is 0 Å². The van der Waals surface area contributed by atoms with E-state index < -0.39 is 0 Å². The van der Waals surface area contributed by atoms with Gasteiger partial charge < -0.3 is 14.5 Å². The van der Waals surface area contributed by atoms with Crippen LogP contribution in [0.1, 0.15) is 36.7 Å². The predicted molar refractivity (Wildman–Crippen MR) is 105 cm³/mol. The van der Waals surface area contributed by atoms with Gasteiger partial charge >= 0.3 is 6.09 Å². The molecule has 2 aromatic carbocycles. The Morgan fingerprint density at radius 1 is 0.815 bits per heavy atom. The number of carbonyl (C=O) groups excluding carboxylic acids is 2. The van der Waals surface area contributed by atoms with Crippen LogP contribution in [-0.4, -0.2) is 48.0 Å². The fraction of sp³-hybridized carbons (Fsp3) is 0.364. The molecule has 0 atom stereocenters. The fourth-order valence-electron chi connectivity index (χ4n) is 3.04. The highest BCUT2D eigenvalue weighted by Crippen LogP contribution is 2.22. The van der Waals surface area contributed by atoms with Crippen molar-refractivity contribution in [3.63, 3.8) is 0 Å². The number of carbonyl (C=O) groups is 2. The molecule has 0 spiro atoms. The summed E-state index contributed by atoms with van der Waals surface area (Å²) < 4.78 is 5.36. The molecule has 0 radical (unpaired) electrons. The first-order chi connectivity index (χ1) is 12.8. The van der Waals surface area contributed by atoms with E-state index >= 15 is 0 Å². The lowest BCUT2D eigenvalue weighted by Gasteiger charge is -2.34. The van der Waals surface area contributed by atoms with Crippen molar-refractivity contribution in [1.82, 2.24) is 9.80 Å². The summed E-state index contributed by atoms with van der Waals surface area (Å²) in [7, 11) is 0. The van der Waals surface area contributed by atoms with Gasteiger partial charge in [0.2, 0.25) is 0 Å². The van der Waals surface area contributed by atoms with Crippen LogP contribution < -0.4 is 4.74 Å². The third-order valence-electron chi connectivity index (χ3n) is 4.77. The number of rotatable bonds is 2. The summed E-state index contributed by atoms with van der Waals surface area (Å²) >= 11 is 0. The third-order valence-corrected chi connectivity index (χ3v) is 4.77. The van der Waals surface area contributed by atoms with Gasteiger partial charge in [-0.2, -0.15) is 0 Å². The van der Waals surface area contributed by atoms with Crippen molar-refractivity contribution in [3.8, 4) is 5.75 Å². The van der Waals surface area contributed by atoms with E-state index in [2.05, 4.69) is 20.8 Å². The first kappa shape index (κ1) is 19.0. The van der Waals surface area contributed by atoms with Gasteiger partial charge in [-0.1, -0.05) is 51.1 Å². The predicted octanol–water partition coefficient (Wildman–Crippen LogP) is 3.94. The van der Waals surface area contributed by atoms with Crippen molar-refractivity contribution in [1.29, 1.82) is 0 Å². The molecule has 1 fully saturated rings. The van der Waals surface area contributed by atoms with Crippen molar-refractivity contribution in [2.24, 2.45) is 0 Å². The lowest BCUT2D eigenvalue weighted by atomic mass is 9.86. The van der Waals surface area contributed by atoms with E-state index in [-0.39, 0.29) is 17.4 Å². The molecule has 0 N–H and O–H groups in total. The molecule has 5 heteroatoms. The van der Waals surface area contributed by atoms with Crippen LogP contribution in [-0.2, 0) is 5.41 Å². The molecule has 0 aromatic heterocycles. The monoisotopic (exact) mass is 366 g/mol. The fourth-order valence-corrected chi connectivity index (χ4v) is 3.04. The van der Waals surface area contributed by atoms with Gasteiger partial charge in [-0.05, 0) is 35.2 Å². The minimum atomic E-state index is -0.372. The zero-order chi connectivity index (χ0) is 19.4. The summed E-state index contributed by atoms with van der Waals surface area (Å²) in [6.45, 7) is 8.40. The molecule has 0 bridgehead atoms. The van der Waals surface area contributed by atoms with E-state index in [4.69, 9.17) is 4.74 Å². The van der Waals surface area contributed by atoms with Crippen LogP contribution in [0.3, 0.4) is 0 Å². The van der Waals surface area contributed by atoms with Crippen LogP contribution >= 0.6 is 0 Å². The lowest BCUT2D eigenvalue weighted by molar-refractivity contribution is 0.0633. The highest BCUT2D eigenvalue weighted by molar-refractivity contribution is 5.94. The maximum atomic E-state index is 12.7. The van der Waals surface area contributed by atoms with Crippen LogP contribution in [0.2, 0.25) is 0 Å². The quantitative estimate of drug-likeness (QED) is 0.809. The van der Waals surface area contributed by atoms with Gasteiger partial charge in [0, 0.05) is 31.7 Å². The maximum Gasteiger partial charge on any atom is 0.415 e. The number of piperazine rings is 1. The van der Waals surface area contributed by atoms with Gasteiger partial charge in [-0.25, -0.2) is 4.79 Å². The van der Waals surface area contributed by atoms with Crippen molar-refractivity contribution < 1.29 is 14.3 Å². The van der Waals surface area contributed by atoms with Crippen molar-refractivity contribution >= 4 is 12.0 Å². The highest BCUT2D eigenvalue weighted by atomic mass is 16.6. The van der Waals surface area contributed by atoms with Gasteiger partial charge in [-0.15, -0.1) is 0 Å². The van der Waals surface area contributed by atoms with Gasteiger partial charge in [0.25, 0.3) is 5.91 Å². The van der Waals surface area contributed by atoms with Crippen molar-refractivity contribution in [2.75, 3.05) is 26.2 Å². The Kier molecular flexibility index (Phi) is 5.49. The molecule has 142 valence electrons. The number of ether oxygens (including phenoxy) is 1. The molecular formula is C22H26N2O3. The molecule has 27 heavy (non-hydrogen) atoms. The van der Waals surface area contributed by atoms with Gasteiger partial charge in [0.05, 0.1) is 0 Å². The number of hydrogen-bond donors (Lipinski definition) is 0. The number of benzene rings is 2. The van der Waals surface area contributed by atoms with Crippen LogP contribution in [0.15, 0.2) is 54.6 Å². The Bertz CT molecular complexity index is 787. The summed E-state index contributed by atoms with van der Waals surface area (Å²) in [6.07, 6.45) is -0.372. The van der Waals surface area contributed by atoms with Crippen molar-refractivity contribution in [3.05, 3.63) is 65.7 Å². The minimum Gasteiger partial charge on any atom is -0.410 e. The highest BCUT2D eigenvalue weighted by Gasteiger charge is 2.26. The number of nitrogens with zero attached hydrogens (tertiary/aromatic N) is 2. The summed E-state index contributed by atoms with van der Waals surface area (Å²) in [5.74, 6) is 0.534. The Morgan fingerprint density at radius 3 is 1.93 bits per heavy atom. The average Bonchev–Trinajstić information content (AvgIpc) is 2.68. The first-order valence-corrected chi connectivity index (χ1v) is 9.26. The number of amides is 2. The molecule has 1 saturated heterocycles. The molecule has 2 aromatic rings. The van der Waals surface area contributed by atoms with Crippen LogP contribution in [0, 0.1) is 0 Å². The van der Waals surface area contributed by atoms with Crippen molar-refractivity contribution in [2.45, 2.75) is 26.2 Å². The molecule has 0 unspecified atom stereocenters. The molecule has 1 heterocycles. The van der Waals surface area contributed by atoms with E-state index in [1.54, 1.807) is 21.9 Å². The molecule has 5 nitrogen and oxygen atoms in total. The standard InChI is InChI=1S/C22H26N2O3/c1-22(2,3)18-11-9-17(10-12-18)20(25)23-13-15-24(16-14-23)21(26)27-19-7-5-4-6-8-19/h4-12H,13-16H2,1-3H3. The van der Waals surface area contributed by atoms with Crippen LogP contribution in [0.5, 0.6) is 5.75 Å². The van der Waals surface area contributed by atoms with Gasteiger partial charge in [0.1, 0.15) is 5.75 Å². The molecule has 0 aliphatic carbocycles. The molecule has 1 aliphatic heterocycles. The Labute approximate surface area is 160 Å². The summed E-state index contributed by atoms with van der Waals surface area (Å²) in [4.78, 5) is 28.4. The first-order valence-electron chi connectivity index (χ1n) is 9.26. The molecule has 2 amide bonds. The summed E-state index contributed by atoms with van der Waals surface area (Å²) in [6, 6.07) is 16.8. The smallest absolute Gasteiger partial charge is 0.410 e. The summed E-state index contributed by atoms with van der Waals surface area (Å²) in [5.41, 5.74) is 1.95. The molecular weight excluding hydrogens is 340 g/mol. The number of hydrogen-bond acceptors (Lipinski definition) is 3. The Balaban J connectivity index is 1.55. The van der Waals surface area contributed by atoms with E-state index in [0.717, 1.165) is 0 Å². The Morgan fingerprint density at radius 2 is 1.37 bits per heavy atom. The van der Waals surface area contributed by atoms with Gasteiger partial charge in [-0.3, -0.25) is 4.79 Å². The normalized spacial score (nSPS) is 14.8. The van der Waals surface area contributed by atoms with E-state index in [1.807, 2.05) is 42.5 Å². The van der Waals surface area contributed by atoms with Crippen LogP contribution in [0.25, 0.3) is 0 Å². The maximum absolute atomic E-state index is 12.7. The lowest BCUT2D eigenvalue weighted by Crippen LogP contribution is -2.51. The molecule has 1 aliphatic rings. The van der Waals surface area contributed by atoms with Crippen LogP contribution in [0.4, 0.5) is 4.79 Å². The van der Waals surface area contributed by atoms with E-state index in [0.29, 0.717) is 37.5 Å². The molecule has 3 rings (SSSR count). The second-order valence-electron chi connectivity index (χ2n) is 7.79. The largest absolute Gasteiger partial charge is 0.415 e. The average molecular weight is 366 g/mol. The summed E-state index contributed by atoms with van der Waals surface area (Å²) in [5, 5.41) is 0. The SMILES string of the molecule is CC(C)(C)c1ccc(C(=O)N2CCN(C(=O)Oc3ccccc3)CC2)cc1. The number of para-hydroxylation sites is 1. The Hall–Kier alpha value is -2.82. The second kappa shape index (κ2) is 7.82.